The van der Waals surface area contributed by atoms with E-state index in [-0.39, 0.29) is 11.4 Å². The highest BCUT2D eigenvalue weighted by Crippen LogP contribution is 2.34. The van der Waals surface area contributed by atoms with Crippen molar-refractivity contribution in [2.45, 2.75) is 57.9 Å². The number of halogens is 1. The Morgan fingerprint density at radius 3 is 2.50 bits per heavy atom. The second-order valence-corrected chi connectivity index (χ2v) is 8.05. The lowest BCUT2D eigenvalue weighted by Gasteiger charge is -2.29. The van der Waals surface area contributed by atoms with Crippen molar-refractivity contribution in [1.82, 2.24) is 0 Å². The van der Waals surface area contributed by atoms with E-state index in [0.717, 1.165) is 29.3 Å². The van der Waals surface area contributed by atoms with E-state index >= 15 is 0 Å². The van der Waals surface area contributed by atoms with Crippen LogP contribution in [0.25, 0.3) is 0 Å². The SMILES string of the molecule is COC(=O)C(C)(CCCCC(C)(C)C(N)C#N)c1cccc(Br)c1. The van der Waals surface area contributed by atoms with Gasteiger partial charge >= 0.3 is 5.97 Å². The number of nitriles is 1. The summed E-state index contributed by atoms with van der Waals surface area (Å²) in [4.78, 5) is 12.4. The van der Waals surface area contributed by atoms with Crippen LogP contribution in [-0.4, -0.2) is 19.1 Å². The zero-order valence-electron chi connectivity index (χ0n) is 14.9. The lowest BCUT2D eigenvalue weighted by atomic mass is 9.76. The third kappa shape index (κ3) is 5.06. The van der Waals surface area contributed by atoms with Crippen molar-refractivity contribution in [1.29, 1.82) is 5.26 Å². The Balaban J connectivity index is 2.79. The summed E-state index contributed by atoms with van der Waals surface area (Å²) >= 11 is 3.46. The van der Waals surface area contributed by atoms with Crippen molar-refractivity contribution in [2.24, 2.45) is 11.1 Å². The Kier molecular flexibility index (Phi) is 7.44. The first-order valence-corrected chi connectivity index (χ1v) is 8.96. The van der Waals surface area contributed by atoms with Crippen molar-refractivity contribution < 1.29 is 9.53 Å². The molecule has 2 N–H and O–H groups in total. The van der Waals surface area contributed by atoms with Gasteiger partial charge < -0.3 is 10.5 Å². The van der Waals surface area contributed by atoms with Gasteiger partial charge in [0.05, 0.1) is 24.6 Å². The molecule has 0 aliphatic heterocycles. The van der Waals surface area contributed by atoms with Gasteiger partial charge in [-0.15, -0.1) is 0 Å². The molecule has 0 amide bonds. The van der Waals surface area contributed by atoms with Crippen LogP contribution in [0.4, 0.5) is 0 Å². The Morgan fingerprint density at radius 1 is 1.33 bits per heavy atom. The fourth-order valence-electron chi connectivity index (χ4n) is 2.81. The van der Waals surface area contributed by atoms with Crippen LogP contribution in [0.15, 0.2) is 28.7 Å². The van der Waals surface area contributed by atoms with Gasteiger partial charge in [0.15, 0.2) is 0 Å². The molecule has 0 spiro atoms. The van der Waals surface area contributed by atoms with E-state index in [2.05, 4.69) is 22.0 Å². The van der Waals surface area contributed by atoms with E-state index < -0.39 is 11.5 Å². The van der Waals surface area contributed by atoms with Crippen LogP contribution < -0.4 is 5.73 Å². The zero-order valence-corrected chi connectivity index (χ0v) is 16.5. The molecule has 0 saturated heterocycles. The minimum atomic E-state index is -0.681. The summed E-state index contributed by atoms with van der Waals surface area (Å²) in [6.45, 7) is 5.94. The molecule has 0 fully saturated rings. The second-order valence-electron chi connectivity index (χ2n) is 7.14. The van der Waals surface area contributed by atoms with Gasteiger partial charge in [0.25, 0.3) is 0 Å². The lowest BCUT2D eigenvalue weighted by Crippen LogP contribution is -2.36. The van der Waals surface area contributed by atoms with Gasteiger partial charge in [-0.2, -0.15) is 5.26 Å². The average molecular weight is 395 g/mol. The number of carbonyl (C=O) groups is 1. The van der Waals surface area contributed by atoms with Gasteiger partial charge in [-0.05, 0) is 42.9 Å². The third-order valence-corrected chi connectivity index (χ3v) is 5.32. The number of hydrogen-bond donors (Lipinski definition) is 1. The van der Waals surface area contributed by atoms with Gasteiger partial charge in [0.1, 0.15) is 0 Å². The molecule has 4 nitrogen and oxygen atoms in total. The molecule has 132 valence electrons. The largest absolute Gasteiger partial charge is 0.468 e. The molecule has 0 bridgehead atoms. The topological polar surface area (TPSA) is 76.1 Å². The number of nitrogens with two attached hydrogens (primary N) is 1. The maximum atomic E-state index is 12.4. The van der Waals surface area contributed by atoms with Crippen LogP contribution in [0, 0.1) is 16.7 Å². The lowest BCUT2D eigenvalue weighted by molar-refractivity contribution is -0.147. The van der Waals surface area contributed by atoms with Gasteiger partial charge in [-0.1, -0.05) is 54.8 Å². The van der Waals surface area contributed by atoms with E-state index in [1.165, 1.54) is 7.11 Å². The quantitative estimate of drug-likeness (QED) is 0.526. The first-order valence-electron chi connectivity index (χ1n) is 8.17. The number of hydrogen-bond acceptors (Lipinski definition) is 4. The average Bonchev–Trinajstić information content (AvgIpc) is 2.56. The molecule has 0 saturated carbocycles. The third-order valence-electron chi connectivity index (χ3n) is 4.83. The maximum Gasteiger partial charge on any atom is 0.315 e. The fraction of sp³-hybridized carbons (Fsp3) is 0.579. The van der Waals surface area contributed by atoms with Crippen molar-refractivity contribution in [3.8, 4) is 6.07 Å². The van der Waals surface area contributed by atoms with Crippen molar-refractivity contribution >= 4 is 21.9 Å². The normalized spacial score (nSPS) is 15.2. The molecule has 0 aliphatic rings. The highest BCUT2D eigenvalue weighted by Gasteiger charge is 2.36. The summed E-state index contributed by atoms with van der Waals surface area (Å²) in [5.41, 5.74) is 5.89. The molecule has 0 heterocycles. The number of methoxy groups -OCH3 is 1. The zero-order chi connectivity index (χ0) is 18.4. The summed E-state index contributed by atoms with van der Waals surface area (Å²) in [6.07, 6.45) is 3.30. The molecule has 0 radical (unpaired) electrons. The van der Waals surface area contributed by atoms with Gasteiger partial charge in [-0.3, -0.25) is 4.79 Å². The van der Waals surface area contributed by atoms with Gasteiger partial charge in [-0.25, -0.2) is 0 Å². The summed E-state index contributed by atoms with van der Waals surface area (Å²) in [6, 6.07) is 9.43. The molecule has 24 heavy (non-hydrogen) atoms. The maximum absolute atomic E-state index is 12.4. The van der Waals surface area contributed by atoms with E-state index in [4.69, 9.17) is 15.7 Å². The predicted molar refractivity (Wildman–Crippen MR) is 99.3 cm³/mol. The molecular weight excluding hydrogens is 368 g/mol. The van der Waals surface area contributed by atoms with E-state index in [1.54, 1.807) is 0 Å². The molecule has 1 aromatic carbocycles. The summed E-state index contributed by atoms with van der Waals surface area (Å²) in [7, 11) is 1.42. The highest BCUT2D eigenvalue weighted by molar-refractivity contribution is 9.10. The highest BCUT2D eigenvalue weighted by atomic mass is 79.9. The second kappa shape index (κ2) is 8.64. The fourth-order valence-corrected chi connectivity index (χ4v) is 3.21. The van der Waals surface area contributed by atoms with Crippen LogP contribution in [0.5, 0.6) is 0 Å². The number of unbranched alkanes of at least 4 members (excludes halogenated alkanes) is 1. The van der Waals surface area contributed by atoms with Gasteiger partial charge in [0.2, 0.25) is 0 Å². The molecule has 0 aromatic heterocycles. The van der Waals surface area contributed by atoms with Crippen LogP contribution in [-0.2, 0) is 14.9 Å². The van der Waals surface area contributed by atoms with Crippen LogP contribution in [0.3, 0.4) is 0 Å². The van der Waals surface area contributed by atoms with Crippen molar-refractivity contribution in [3.63, 3.8) is 0 Å². The molecule has 1 rings (SSSR count). The predicted octanol–water partition coefficient (Wildman–Crippen LogP) is 4.32. The molecule has 1 aromatic rings. The van der Waals surface area contributed by atoms with Crippen LogP contribution in [0.2, 0.25) is 0 Å². The number of esters is 1. The van der Waals surface area contributed by atoms with Crippen molar-refractivity contribution in [3.05, 3.63) is 34.3 Å². The Bertz CT molecular complexity index is 610. The Hall–Kier alpha value is -1.38. The smallest absolute Gasteiger partial charge is 0.315 e. The number of ether oxygens (including phenoxy) is 1. The molecule has 2 atom stereocenters. The summed E-state index contributed by atoms with van der Waals surface area (Å²) < 4.78 is 5.99. The number of carbonyl (C=O) groups excluding carboxylic acids is 1. The summed E-state index contributed by atoms with van der Waals surface area (Å²) in [5.74, 6) is -0.228. The van der Waals surface area contributed by atoms with Gasteiger partial charge in [0, 0.05) is 4.47 Å². The van der Waals surface area contributed by atoms with Crippen molar-refractivity contribution in [2.75, 3.05) is 7.11 Å². The first-order chi connectivity index (χ1) is 11.2. The number of rotatable bonds is 8. The minimum Gasteiger partial charge on any atom is -0.468 e. The van der Waals surface area contributed by atoms with E-state index in [0.29, 0.717) is 6.42 Å². The van der Waals surface area contributed by atoms with E-state index in [9.17, 15) is 4.79 Å². The standard InChI is InChI=1S/C19H27BrN2O2/c1-18(2,16(22)13-21)10-5-6-11-19(3,17(23)24-4)14-8-7-9-15(20)12-14/h7-9,12,16H,5-6,10-11,22H2,1-4H3. The first kappa shape index (κ1) is 20.7. The molecule has 5 heteroatoms. The van der Waals surface area contributed by atoms with Crippen LogP contribution >= 0.6 is 15.9 Å². The molecule has 0 aliphatic carbocycles. The summed E-state index contributed by atoms with van der Waals surface area (Å²) in [5, 5.41) is 8.99. The Labute approximate surface area is 153 Å². The molecular formula is C19H27BrN2O2. The number of nitrogens with zero attached hydrogens (tertiary/aromatic N) is 1. The minimum absolute atomic E-state index is 0.228. The number of benzene rings is 1. The Morgan fingerprint density at radius 2 is 1.96 bits per heavy atom. The molecule has 2 unspecified atom stereocenters. The van der Waals surface area contributed by atoms with Crippen LogP contribution in [0.1, 0.15) is 52.0 Å². The monoisotopic (exact) mass is 394 g/mol. The van der Waals surface area contributed by atoms with E-state index in [1.807, 2.05) is 45.0 Å².